The van der Waals surface area contributed by atoms with Crippen LogP contribution in [-0.2, 0) is 0 Å². The fourth-order valence-electron chi connectivity index (χ4n) is 1.76. The fraction of sp³-hybridized carbons (Fsp3) is 0.625. The lowest BCUT2D eigenvalue weighted by molar-refractivity contribution is 0.360. The highest BCUT2D eigenvalue weighted by Crippen LogP contribution is 2.21. The average molecular weight is 265 g/mol. The van der Waals surface area contributed by atoms with E-state index in [9.17, 15) is 0 Å². The molecule has 1 atom stereocenters. The first kappa shape index (κ1) is 15.6. The number of thioether (sulfide) groups is 1. The Morgan fingerprint density at radius 1 is 1.17 bits per heavy atom. The molecule has 1 aromatic rings. The molecule has 0 saturated carbocycles. The van der Waals surface area contributed by atoms with Gasteiger partial charge in [-0.15, -0.1) is 11.8 Å². The van der Waals surface area contributed by atoms with E-state index >= 15 is 0 Å². The second kappa shape index (κ2) is 7.85. The summed E-state index contributed by atoms with van der Waals surface area (Å²) in [5.41, 5.74) is 0.236. The van der Waals surface area contributed by atoms with E-state index in [-0.39, 0.29) is 5.54 Å². The molecule has 0 aromatic heterocycles. The van der Waals surface area contributed by atoms with E-state index < -0.39 is 0 Å². The van der Waals surface area contributed by atoms with E-state index in [0.29, 0.717) is 0 Å². The van der Waals surface area contributed by atoms with Crippen LogP contribution in [0.5, 0.6) is 0 Å². The van der Waals surface area contributed by atoms with Gasteiger partial charge in [0, 0.05) is 10.4 Å². The monoisotopic (exact) mass is 265 g/mol. The number of nitrogens with one attached hydrogen (secondary N) is 1. The quantitative estimate of drug-likeness (QED) is 0.724. The van der Waals surface area contributed by atoms with Gasteiger partial charge in [0.1, 0.15) is 0 Å². The fourth-order valence-corrected chi connectivity index (χ4v) is 2.80. The molecule has 0 heterocycles. The number of rotatable bonds is 7. The third-order valence-corrected chi connectivity index (χ3v) is 4.08. The van der Waals surface area contributed by atoms with Crippen LogP contribution in [0.25, 0.3) is 0 Å². The predicted octanol–water partition coefficient (Wildman–Crippen LogP) is 4.58. The Hall–Kier alpha value is -0.470. The zero-order valence-corrected chi connectivity index (χ0v) is 13.0. The molecular weight excluding hydrogens is 238 g/mol. The molecule has 2 heteroatoms. The van der Waals surface area contributed by atoms with Crippen molar-refractivity contribution in [2.75, 3.05) is 12.3 Å². The third-order valence-electron chi connectivity index (χ3n) is 3.04. The van der Waals surface area contributed by atoms with Crippen LogP contribution in [0.2, 0.25) is 0 Å². The van der Waals surface area contributed by atoms with Crippen LogP contribution >= 0.6 is 11.8 Å². The molecule has 1 rings (SSSR count). The van der Waals surface area contributed by atoms with Crippen molar-refractivity contribution >= 4 is 11.8 Å². The van der Waals surface area contributed by atoms with Crippen LogP contribution in [0.3, 0.4) is 0 Å². The third kappa shape index (κ3) is 7.07. The smallest absolute Gasteiger partial charge is 0.00966 e. The summed E-state index contributed by atoms with van der Waals surface area (Å²) in [6, 6.07) is 10.7. The van der Waals surface area contributed by atoms with Gasteiger partial charge in [-0.2, -0.15) is 0 Å². The van der Waals surface area contributed by atoms with Crippen molar-refractivity contribution < 1.29 is 0 Å². The van der Waals surface area contributed by atoms with Gasteiger partial charge in [0.25, 0.3) is 0 Å². The van der Waals surface area contributed by atoms with Gasteiger partial charge in [-0.05, 0) is 57.5 Å². The Morgan fingerprint density at radius 2 is 1.83 bits per heavy atom. The minimum absolute atomic E-state index is 0.236. The van der Waals surface area contributed by atoms with E-state index in [1.807, 2.05) is 11.8 Å². The van der Waals surface area contributed by atoms with Gasteiger partial charge in [0.05, 0.1) is 0 Å². The Morgan fingerprint density at radius 3 is 2.39 bits per heavy atom. The number of hydrogen-bond acceptors (Lipinski definition) is 2. The van der Waals surface area contributed by atoms with Gasteiger partial charge in [-0.3, -0.25) is 0 Å². The van der Waals surface area contributed by atoms with Crippen molar-refractivity contribution in [3.63, 3.8) is 0 Å². The molecule has 0 spiro atoms. The van der Waals surface area contributed by atoms with Crippen molar-refractivity contribution in [1.29, 1.82) is 0 Å². The topological polar surface area (TPSA) is 12.0 Å². The lowest BCUT2D eigenvalue weighted by atomic mass is 10.0. The SMILES string of the molecule is CCC(CCSc1ccccc1)CNC(C)(C)C. The van der Waals surface area contributed by atoms with E-state index in [4.69, 9.17) is 0 Å². The molecule has 1 aromatic carbocycles. The van der Waals surface area contributed by atoms with E-state index in [0.717, 1.165) is 12.5 Å². The Balaban J connectivity index is 2.23. The maximum Gasteiger partial charge on any atom is 0.00966 e. The second-order valence-electron chi connectivity index (χ2n) is 5.86. The Kier molecular flexibility index (Phi) is 6.80. The first-order valence-electron chi connectivity index (χ1n) is 6.94. The summed E-state index contributed by atoms with van der Waals surface area (Å²) >= 11 is 1.97. The van der Waals surface area contributed by atoms with E-state index in [1.54, 1.807) is 0 Å². The Labute approximate surface area is 117 Å². The predicted molar refractivity (Wildman–Crippen MR) is 83.3 cm³/mol. The first-order valence-corrected chi connectivity index (χ1v) is 7.92. The molecule has 1 nitrogen and oxygen atoms in total. The van der Waals surface area contributed by atoms with Crippen LogP contribution < -0.4 is 5.32 Å². The van der Waals surface area contributed by atoms with Crippen LogP contribution in [0, 0.1) is 5.92 Å². The van der Waals surface area contributed by atoms with Gasteiger partial charge in [-0.25, -0.2) is 0 Å². The molecule has 0 aliphatic carbocycles. The normalized spacial score (nSPS) is 13.6. The van der Waals surface area contributed by atoms with Crippen molar-refractivity contribution in [3.8, 4) is 0 Å². The molecule has 0 saturated heterocycles. The summed E-state index contributed by atoms with van der Waals surface area (Å²) in [5.74, 6) is 2.01. The highest BCUT2D eigenvalue weighted by Gasteiger charge is 2.12. The van der Waals surface area contributed by atoms with Crippen LogP contribution in [0.15, 0.2) is 35.2 Å². The number of benzene rings is 1. The summed E-state index contributed by atoms with van der Waals surface area (Å²) < 4.78 is 0. The van der Waals surface area contributed by atoms with Gasteiger partial charge in [0.15, 0.2) is 0 Å². The van der Waals surface area contributed by atoms with Crippen molar-refractivity contribution in [2.24, 2.45) is 5.92 Å². The summed E-state index contributed by atoms with van der Waals surface area (Å²) in [5, 5.41) is 3.61. The zero-order chi connectivity index (χ0) is 13.4. The summed E-state index contributed by atoms with van der Waals surface area (Å²) in [7, 11) is 0. The van der Waals surface area contributed by atoms with E-state index in [2.05, 4.69) is 63.3 Å². The average Bonchev–Trinajstić information content (AvgIpc) is 2.33. The molecule has 0 radical (unpaired) electrons. The molecule has 0 fully saturated rings. The van der Waals surface area contributed by atoms with Gasteiger partial charge >= 0.3 is 0 Å². The van der Waals surface area contributed by atoms with Gasteiger partial charge in [0.2, 0.25) is 0 Å². The maximum atomic E-state index is 3.61. The molecule has 1 unspecified atom stereocenters. The lowest BCUT2D eigenvalue weighted by Crippen LogP contribution is -2.39. The molecule has 102 valence electrons. The first-order chi connectivity index (χ1) is 8.51. The second-order valence-corrected chi connectivity index (χ2v) is 7.02. The van der Waals surface area contributed by atoms with Gasteiger partial charge < -0.3 is 5.32 Å². The zero-order valence-electron chi connectivity index (χ0n) is 12.2. The summed E-state index contributed by atoms with van der Waals surface area (Å²) in [6.07, 6.45) is 2.55. The summed E-state index contributed by atoms with van der Waals surface area (Å²) in [4.78, 5) is 1.39. The largest absolute Gasteiger partial charge is 0.312 e. The molecular formula is C16H27NS. The van der Waals surface area contributed by atoms with Crippen molar-refractivity contribution in [2.45, 2.75) is 51.0 Å². The molecule has 0 bridgehead atoms. The van der Waals surface area contributed by atoms with Crippen LogP contribution in [0.4, 0.5) is 0 Å². The minimum Gasteiger partial charge on any atom is -0.312 e. The highest BCUT2D eigenvalue weighted by atomic mass is 32.2. The van der Waals surface area contributed by atoms with Crippen LogP contribution in [0.1, 0.15) is 40.5 Å². The van der Waals surface area contributed by atoms with Crippen molar-refractivity contribution in [3.05, 3.63) is 30.3 Å². The lowest BCUT2D eigenvalue weighted by Gasteiger charge is -2.24. The van der Waals surface area contributed by atoms with Crippen molar-refractivity contribution in [1.82, 2.24) is 5.32 Å². The molecule has 1 N–H and O–H groups in total. The molecule has 0 amide bonds. The highest BCUT2D eigenvalue weighted by molar-refractivity contribution is 7.99. The summed E-state index contributed by atoms with van der Waals surface area (Å²) in [6.45, 7) is 10.1. The van der Waals surface area contributed by atoms with E-state index in [1.165, 1.54) is 23.5 Å². The molecule has 0 aliphatic rings. The molecule has 18 heavy (non-hydrogen) atoms. The standard InChI is InChI=1S/C16H27NS/c1-5-14(13-17-16(2,3)4)11-12-18-15-9-7-6-8-10-15/h6-10,14,17H,5,11-13H2,1-4H3. The van der Waals surface area contributed by atoms with Gasteiger partial charge in [-0.1, -0.05) is 31.5 Å². The molecule has 0 aliphatic heterocycles. The van der Waals surface area contributed by atoms with Crippen LogP contribution in [-0.4, -0.2) is 17.8 Å². The minimum atomic E-state index is 0.236. The maximum absolute atomic E-state index is 3.61. The Bertz CT molecular complexity index is 316. The number of hydrogen-bond donors (Lipinski definition) is 1.